The zero-order valence-electron chi connectivity index (χ0n) is 17.2. The second kappa shape index (κ2) is 9.02. The van der Waals surface area contributed by atoms with Crippen molar-refractivity contribution in [2.45, 2.75) is 13.5 Å². The largest absolute Gasteiger partial charge is 0.383 e. The average Bonchev–Trinajstić information content (AvgIpc) is 3.20. The summed E-state index contributed by atoms with van der Waals surface area (Å²) < 4.78 is 6.95. The zero-order valence-corrected chi connectivity index (χ0v) is 17.2. The molecule has 1 aromatic carbocycles. The number of H-pyrrole nitrogens is 1. The maximum absolute atomic E-state index is 11.6. The number of pyridine rings is 1. The van der Waals surface area contributed by atoms with Crippen molar-refractivity contribution >= 4 is 5.65 Å². The zero-order chi connectivity index (χ0) is 20.9. The van der Waals surface area contributed by atoms with Crippen LogP contribution < -0.4 is 5.56 Å². The van der Waals surface area contributed by atoms with Crippen molar-refractivity contribution in [1.82, 2.24) is 24.5 Å². The SMILES string of the molecule is CCN(CCOC)Cc1ccc(-c2cnn3ccc(-c4cc[nH]c(=O)c4)nc23)cc1. The first-order valence-corrected chi connectivity index (χ1v) is 10.0. The third kappa shape index (κ3) is 4.32. The van der Waals surface area contributed by atoms with Crippen molar-refractivity contribution in [2.24, 2.45) is 0 Å². The molecule has 0 radical (unpaired) electrons. The Hall–Kier alpha value is -3.29. The van der Waals surface area contributed by atoms with Gasteiger partial charge in [0.15, 0.2) is 5.65 Å². The summed E-state index contributed by atoms with van der Waals surface area (Å²) in [4.78, 5) is 21.4. The molecule has 0 saturated carbocycles. The van der Waals surface area contributed by atoms with E-state index in [1.807, 2.05) is 24.5 Å². The van der Waals surface area contributed by atoms with E-state index in [2.05, 4.69) is 46.2 Å². The number of nitrogens with zero attached hydrogens (tertiary/aromatic N) is 4. The summed E-state index contributed by atoms with van der Waals surface area (Å²) in [7, 11) is 1.73. The van der Waals surface area contributed by atoms with E-state index < -0.39 is 0 Å². The van der Waals surface area contributed by atoms with Crippen molar-refractivity contribution in [2.75, 3.05) is 26.8 Å². The van der Waals surface area contributed by atoms with Crippen LogP contribution in [0.15, 0.2) is 65.8 Å². The topological polar surface area (TPSA) is 75.5 Å². The number of aromatic nitrogens is 4. The monoisotopic (exact) mass is 403 g/mol. The van der Waals surface area contributed by atoms with Gasteiger partial charge < -0.3 is 9.72 Å². The molecule has 30 heavy (non-hydrogen) atoms. The molecule has 0 aliphatic heterocycles. The van der Waals surface area contributed by atoms with Gasteiger partial charge >= 0.3 is 0 Å². The van der Waals surface area contributed by atoms with Gasteiger partial charge in [-0.3, -0.25) is 9.69 Å². The maximum atomic E-state index is 11.6. The lowest BCUT2D eigenvalue weighted by Gasteiger charge is -2.20. The third-order valence-electron chi connectivity index (χ3n) is 5.17. The Kier molecular flexibility index (Phi) is 6.02. The number of hydrogen-bond donors (Lipinski definition) is 1. The molecule has 0 unspecified atom stereocenters. The Morgan fingerprint density at radius 1 is 1.13 bits per heavy atom. The molecule has 7 heteroatoms. The highest BCUT2D eigenvalue weighted by Crippen LogP contribution is 2.26. The standard InChI is InChI=1S/C23H25N5O2/c1-3-27(12-13-30-2)16-17-4-6-18(7-5-17)20-15-25-28-11-9-21(26-23(20)28)19-8-10-24-22(29)14-19/h4-11,14-15H,3,12-13,16H2,1-2H3,(H,24,29). The Bertz CT molecular complexity index is 1180. The maximum Gasteiger partial charge on any atom is 0.248 e. The lowest BCUT2D eigenvalue weighted by atomic mass is 10.1. The van der Waals surface area contributed by atoms with Gasteiger partial charge in [-0.2, -0.15) is 5.10 Å². The minimum Gasteiger partial charge on any atom is -0.383 e. The van der Waals surface area contributed by atoms with Crippen LogP contribution in [0.5, 0.6) is 0 Å². The fraction of sp³-hybridized carbons (Fsp3) is 0.261. The first-order chi connectivity index (χ1) is 14.7. The average molecular weight is 403 g/mol. The number of fused-ring (bicyclic) bond motifs is 1. The first kappa shape index (κ1) is 20.0. The highest BCUT2D eigenvalue weighted by atomic mass is 16.5. The lowest BCUT2D eigenvalue weighted by molar-refractivity contribution is 0.147. The van der Waals surface area contributed by atoms with Gasteiger partial charge in [-0.15, -0.1) is 0 Å². The fourth-order valence-electron chi connectivity index (χ4n) is 3.45. The molecule has 0 aliphatic carbocycles. The number of rotatable bonds is 8. The predicted molar refractivity (Wildman–Crippen MR) is 117 cm³/mol. The number of aromatic amines is 1. The molecule has 0 fully saturated rings. The van der Waals surface area contributed by atoms with Gasteiger partial charge in [0.1, 0.15) is 0 Å². The van der Waals surface area contributed by atoms with E-state index in [0.717, 1.165) is 54.3 Å². The number of hydrogen-bond acceptors (Lipinski definition) is 5. The minimum atomic E-state index is -0.148. The normalized spacial score (nSPS) is 11.4. The third-order valence-corrected chi connectivity index (χ3v) is 5.17. The quantitative estimate of drug-likeness (QED) is 0.489. The van der Waals surface area contributed by atoms with Gasteiger partial charge in [0.25, 0.3) is 0 Å². The van der Waals surface area contributed by atoms with Gasteiger partial charge in [-0.05, 0) is 29.8 Å². The van der Waals surface area contributed by atoms with Crippen LogP contribution in [0.4, 0.5) is 0 Å². The van der Waals surface area contributed by atoms with E-state index in [1.54, 1.807) is 23.9 Å². The highest BCUT2D eigenvalue weighted by Gasteiger charge is 2.11. The van der Waals surface area contributed by atoms with Crippen molar-refractivity contribution < 1.29 is 4.74 Å². The first-order valence-electron chi connectivity index (χ1n) is 10.0. The number of methoxy groups -OCH3 is 1. The molecule has 4 rings (SSSR count). The summed E-state index contributed by atoms with van der Waals surface area (Å²) in [6.45, 7) is 5.67. The van der Waals surface area contributed by atoms with Gasteiger partial charge in [-0.25, -0.2) is 9.50 Å². The lowest BCUT2D eigenvalue weighted by Crippen LogP contribution is -2.26. The van der Waals surface area contributed by atoms with Gasteiger partial charge in [0, 0.05) is 49.8 Å². The summed E-state index contributed by atoms with van der Waals surface area (Å²) in [5, 5.41) is 4.43. The second-order valence-electron chi connectivity index (χ2n) is 7.14. The van der Waals surface area contributed by atoms with Gasteiger partial charge in [0.05, 0.1) is 18.5 Å². The second-order valence-corrected chi connectivity index (χ2v) is 7.14. The van der Waals surface area contributed by atoms with Crippen molar-refractivity contribution in [3.63, 3.8) is 0 Å². The number of ether oxygens (including phenoxy) is 1. The molecule has 0 spiro atoms. The molecule has 154 valence electrons. The molecule has 1 N–H and O–H groups in total. The van der Waals surface area contributed by atoms with Crippen LogP contribution in [-0.2, 0) is 11.3 Å². The number of likely N-dealkylation sites (N-methyl/N-ethyl adjacent to an activating group) is 1. The van der Waals surface area contributed by atoms with Crippen LogP contribution in [0.3, 0.4) is 0 Å². The molecule has 0 saturated heterocycles. The highest BCUT2D eigenvalue weighted by molar-refractivity contribution is 5.78. The molecule has 3 heterocycles. The molecule has 4 aromatic rings. The Balaban J connectivity index is 1.61. The van der Waals surface area contributed by atoms with E-state index in [4.69, 9.17) is 9.72 Å². The minimum absolute atomic E-state index is 0.148. The van der Waals surface area contributed by atoms with Gasteiger partial charge in [0.2, 0.25) is 5.56 Å². The van der Waals surface area contributed by atoms with Crippen molar-refractivity contribution in [3.05, 3.63) is 77.0 Å². The van der Waals surface area contributed by atoms with E-state index in [1.165, 1.54) is 5.56 Å². The van der Waals surface area contributed by atoms with Crippen LogP contribution in [0.2, 0.25) is 0 Å². The summed E-state index contributed by atoms with van der Waals surface area (Å²) >= 11 is 0. The fourth-order valence-corrected chi connectivity index (χ4v) is 3.45. The summed E-state index contributed by atoms with van der Waals surface area (Å²) in [5.41, 5.74) is 5.40. The molecule has 7 nitrogen and oxygen atoms in total. The molecule has 3 aromatic heterocycles. The van der Waals surface area contributed by atoms with Crippen LogP contribution in [-0.4, -0.2) is 51.3 Å². The van der Waals surface area contributed by atoms with Crippen molar-refractivity contribution in [3.8, 4) is 22.4 Å². The van der Waals surface area contributed by atoms with E-state index in [0.29, 0.717) is 0 Å². The molecule has 0 aliphatic rings. The number of nitrogens with one attached hydrogen (secondary N) is 1. The molecular weight excluding hydrogens is 378 g/mol. The number of benzene rings is 1. The molecule has 0 bridgehead atoms. The van der Waals surface area contributed by atoms with Crippen LogP contribution in [0.25, 0.3) is 28.0 Å². The Morgan fingerprint density at radius 2 is 1.97 bits per heavy atom. The van der Waals surface area contributed by atoms with E-state index in [-0.39, 0.29) is 5.56 Å². The smallest absolute Gasteiger partial charge is 0.248 e. The van der Waals surface area contributed by atoms with Gasteiger partial charge in [-0.1, -0.05) is 31.2 Å². The Morgan fingerprint density at radius 3 is 2.70 bits per heavy atom. The Labute approximate surface area is 175 Å². The van der Waals surface area contributed by atoms with Crippen LogP contribution >= 0.6 is 0 Å². The van der Waals surface area contributed by atoms with E-state index >= 15 is 0 Å². The van der Waals surface area contributed by atoms with Crippen LogP contribution in [0.1, 0.15) is 12.5 Å². The summed E-state index contributed by atoms with van der Waals surface area (Å²) in [6.07, 6.45) is 5.33. The van der Waals surface area contributed by atoms with E-state index in [9.17, 15) is 4.79 Å². The summed E-state index contributed by atoms with van der Waals surface area (Å²) in [5.74, 6) is 0. The molecular formula is C23H25N5O2. The summed E-state index contributed by atoms with van der Waals surface area (Å²) in [6, 6.07) is 13.8. The van der Waals surface area contributed by atoms with Crippen LogP contribution in [0, 0.1) is 0 Å². The molecule has 0 atom stereocenters. The molecule has 0 amide bonds. The van der Waals surface area contributed by atoms with Crippen molar-refractivity contribution in [1.29, 1.82) is 0 Å². The predicted octanol–water partition coefficient (Wildman–Crippen LogP) is 3.22.